The van der Waals surface area contributed by atoms with E-state index in [9.17, 15) is 9.59 Å². The molecule has 0 amide bonds. The van der Waals surface area contributed by atoms with Gasteiger partial charge in [-0.25, -0.2) is 9.59 Å². The van der Waals surface area contributed by atoms with Gasteiger partial charge in [0.1, 0.15) is 0 Å². The second-order valence-electron chi connectivity index (χ2n) is 3.73. The highest BCUT2D eigenvalue weighted by molar-refractivity contribution is 6.19. The first kappa shape index (κ1) is 11.7. The number of benzene rings is 2. The first-order valence-corrected chi connectivity index (χ1v) is 5.01. The molecule has 0 unspecified atom stereocenters. The zero-order valence-electron chi connectivity index (χ0n) is 9.18. The van der Waals surface area contributed by atoms with E-state index in [-0.39, 0.29) is 22.3 Å². The summed E-state index contributed by atoms with van der Waals surface area (Å²) in [4.78, 5) is 22.4. The second-order valence-corrected chi connectivity index (χ2v) is 3.73. The SMILES string of the molecule is Nc1c(C(=O)O)c(C(=O)O)c2ccccc2c1N. The molecule has 2 aromatic rings. The van der Waals surface area contributed by atoms with Gasteiger partial charge in [0.25, 0.3) is 0 Å². The van der Waals surface area contributed by atoms with E-state index < -0.39 is 17.5 Å². The molecule has 0 radical (unpaired) electrons. The molecule has 0 saturated heterocycles. The highest BCUT2D eigenvalue weighted by Gasteiger charge is 2.24. The molecule has 2 rings (SSSR count). The van der Waals surface area contributed by atoms with Crippen molar-refractivity contribution in [1.82, 2.24) is 0 Å². The van der Waals surface area contributed by atoms with Gasteiger partial charge in [-0.2, -0.15) is 0 Å². The Hall–Kier alpha value is -2.76. The van der Waals surface area contributed by atoms with Gasteiger partial charge in [-0.15, -0.1) is 0 Å². The molecule has 0 aromatic heterocycles. The van der Waals surface area contributed by atoms with Gasteiger partial charge in [-0.05, 0) is 5.39 Å². The van der Waals surface area contributed by atoms with Crippen LogP contribution in [-0.2, 0) is 0 Å². The van der Waals surface area contributed by atoms with Crippen LogP contribution in [0.25, 0.3) is 10.8 Å². The number of hydrogen-bond donors (Lipinski definition) is 4. The van der Waals surface area contributed by atoms with E-state index in [1.807, 2.05) is 0 Å². The van der Waals surface area contributed by atoms with Gasteiger partial charge in [-0.3, -0.25) is 0 Å². The molecule has 0 saturated carbocycles. The molecular formula is C12H10N2O4. The van der Waals surface area contributed by atoms with E-state index in [1.54, 1.807) is 18.2 Å². The highest BCUT2D eigenvalue weighted by atomic mass is 16.4. The Balaban J connectivity index is 3.08. The molecule has 0 bridgehead atoms. The second kappa shape index (κ2) is 3.92. The Morgan fingerprint density at radius 1 is 0.833 bits per heavy atom. The molecule has 92 valence electrons. The predicted molar refractivity (Wildman–Crippen MR) is 66.7 cm³/mol. The Morgan fingerprint density at radius 3 is 1.83 bits per heavy atom. The minimum atomic E-state index is -1.41. The standard InChI is InChI=1S/C12H10N2O4/c13-9-6-4-2-1-3-5(6)7(11(15)16)8(10(9)14)12(17)18/h1-4H,13-14H2,(H,15,16)(H,17,18). The van der Waals surface area contributed by atoms with Gasteiger partial charge in [0.2, 0.25) is 0 Å². The van der Waals surface area contributed by atoms with Crippen LogP contribution in [0.3, 0.4) is 0 Å². The third-order valence-electron chi connectivity index (χ3n) is 2.72. The number of aromatic carboxylic acids is 2. The van der Waals surface area contributed by atoms with E-state index >= 15 is 0 Å². The van der Waals surface area contributed by atoms with Crippen LogP contribution in [-0.4, -0.2) is 22.2 Å². The van der Waals surface area contributed by atoms with Gasteiger partial charge in [0.15, 0.2) is 0 Å². The molecule has 0 aliphatic rings. The third-order valence-corrected chi connectivity index (χ3v) is 2.72. The summed E-state index contributed by atoms with van der Waals surface area (Å²) in [5, 5.41) is 18.9. The van der Waals surface area contributed by atoms with E-state index in [0.717, 1.165) is 0 Å². The predicted octanol–water partition coefficient (Wildman–Crippen LogP) is 1.40. The lowest BCUT2D eigenvalue weighted by atomic mass is 9.95. The molecule has 0 aliphatic heterocycles. The summed E-state index contributed by atoms with van der Waals surface area (Å²) in [7, 11) is 0. The van der Waals surface area contributed by atoms with E-state index in [2.05, 4.69) is 0 Å². The van der Waals surface area contributed by atoms with E-state index in [0.29, 0.717) is 5.39 Å². The largest absolute Gasteiger partial charge is 0.478 e. The fourth-order valence-electron chi connectivity index (χ4n) is 1.93. The molecule has 0 atom stereocenters. The van der Waals surface area contributed by atoms with Crippen molar-refractivity contribution in [3.63, 3.8) is 0 Å². The minimum absolute atomic E-state index is 0.0769. The summed E-state index contributed by atoms with van der Waals surface area (Å²) in [6.45, 7) is 0. The van der Waals surface area contributed by atoms with Gasteiger partial charge in [0.05, 0.1) is 22.5 Å². The molecule has 2 aromatic carbocycles. The molecule has 6 N–H and O–H groups in total. The number of fused-ring (bicyclic) bond motifs is 1. The van der Waals surface area contributed by atoms with Gasteiger partial charge in [0, 0.05) is 5.39 Å². The number of carboxylic acids is 2. The summed E-state index contributed by atoms with van der Waals surface area (Å²) >= 11 is 0. The van der Waals surface area contributed by atoms with Crippen LogP contribution in [0.5, 0.6) is 0 Å². The Labute approximate surface area is 101 Å². The molecule has 6 nitrogen and oxygen atoms in total. The molecule has 6 heteroatoms. The minimum Gasteiger partial charge on any atom is -0.478 e. The summed E-state index contributed by atoms with van der Waals surface area (Å²) in [5.41, 5.74) is 10.4. The first-order chi connectivity index (χ1) is 8.45. The third kappa shape index (κ3) is 1.51. The Morgan fingerprint density at radius 2 is 1.33 bits per heavy atom. The maximum absolute atomic E-state index is 11.2. The van der Waals surface area contributed by atoms with Crippen molar-refractivity contribution in [3.05, 3.63) is 35.4 Å². The van der Waals surface area contributed by atoms with Gasteiger partial charge < -0.3 is 21.7 Å². The average molecular weight is 246 g/mol. The molecule has 18 heavy (non-hydrogen) atoms. The number of nitrogens with two attached hydrogens (primary N) is 2. The Kier molecular flexibility index (Phi) is 2.55. The van der Waals surface area contributed by atoms with Crippen LogP contribution in [0, 0.1) is 0 Å². The molecule has 0 heterocycles. The van der Waals surface area contributed by atoms with Crippen molar-refractivity contribution >= 4 is 34.1 Å². The summed E-state index contributed by atoms with van der Waals surface area (Å²) in [5.74, 6) is -2.77. The first-order valence-electron chi connectivity index (χ1n) is 5.01. The monoisotopic (exact) mass is 246 g/mol. The van der Waals surface area contributed by atoms with E-state index in [1.165, 1.54) is 6.07 Å². The zero-order valence-corrected chi connectivity index (χ0v) is 9.18. The van der Waals surface area contributed by atoms with Crippen LogP contribution in [0.15, 0.2) is 24.3 Å². The number of carboxylic acid groups (broad SMARTS) is 2. The maximum atomic E-state index is 11.2. The normalized spacial score (nSPS) is 10.4. The number of nitrogen functional groups attached to an aromatic ring is 2. The highest BCUT2D eigenvalue weighted by Crippen LogP contribution is 2.34. The molecular weight excluding hydrogens is 236 g/mol. The summed E-state index contributed by atoms with van der Waals surface area (Å²) < 4.78 is 0. The average Bonchev–Trinajstić information content (AvgIpc) is 2.32. The lowest BCUT2D eigenvalue weighted by molar-refractivity contribution is 0.0654. The number of anilines is 2. The van der Waals surface area contributed by atoms with E-state index in [4.69, 9.17) is 21.7 Å². The van der Waals surface area contributed by atoms with Gasteiger partial charge in [-0.1, -0.05) is 24.3 Å². The number of carbonyl (C=O) groups is 2. The zero-order chi connectivity index (χ0) is 13.4. The van der Waals surface area contributed by atoms with Crippen molar-refractivity contribution in [2.24, 2.45) is 0 Å². The van der Waals surface area contributed by atoms with Crippen molar-refractivity contribution in [3.8, 4) is 0 Å². The maximum Gasteiger partial charge on any atom is 0.338 e. The molecule has 0 fully saturated rings. The fourth-order valence-corrected chi connectivity index (χ4v) is 1.93. The Bertz CT molecular complexity index is 679. The van der Waals surface area contributed by atoms with Gasteiger partial charge >= 0.3 is 11.9 Å². The van der Waals surface area contributed by atoms with Crippen molar-refractivity contribution in [2.75, 3.05) is 11.5 Å². The number of hydrogen-bond acceptors (Lipinski definition) is 4. The van der Waals surface area contributed by atoms with Crippen LogP contribution < -0.4 is 11.5 Å². The lowest BCUT2D eigenvalue weighted by Gasteiger charge is -2.13. The topological polar surface area (TPSA) is 127 Å². The molecule has 0 aliphatic carbocycles. The van der Waals surface area contributed by atoms with Crippen LogP contribution >= 0.6 is 0 Å². The molecule has 0 spiro atoms. The van der Waals surface area contributed by atoms with Crippen molar-refractivity contribution in [1.29, 1.82) is 0 Å². The number of rotatable bonds is 2. The van der Waals surface area contributed by atoms with Crippen molar-refractivity contribution in [2.45, 2.75) is 0 Å². The van der Waals surface area contributed by atoms with Crippen LogP contribution in [0.4, 0.5) is 11.4 Å². The van der Waals surface area contributed by atoms with Crippen molar-refractivity contribution < 1.29 is 19.8 Å². The fraction of sp³-hybridized carbons (Fsp3) is 0. The smallest absolute Gasteiger partial charge is 0.338 e. The quantitative estimate of drug-likeness (QED) is 0.593. The summed E-state index contributed by atoms with van der Waals surface area (Å²) in [6.07, 6.45) is 0. The van der Waals surface area contributed by atoms with Crippen LogP contribution in [0.2, 0.25) is 0 Å². The van der Waals surface area contributed by atoms with Crippen LogP contribution in [0.1, 0.15) is 20.7 Å². The summed E-state index contributed by atoms with van der Waals surface area (Å²) in [6, 6.07) is 6.38. The lowest BCUT2D eigenvalue weighted by Crippen LogP contribution is -2.14.